The molecule has 3 rings (SSSR count). The number of nitrogens with one attached hydrogen (secondary N) is 1. The van der Waals surface area contributed by atoms with Gasteiger partial charge in [0.15, 0.2) is 4.93 Å². The van der Waals surface area contributed by atoms with Crippen LogP contribution in [0.15, 0.2) is 54.1 Å². The summed E-state index contributed by atoms with van der Waals surface area (Å²) in [6, 6.07) is 11.1. The first-order chi connectivity index (χ1) is 11.6. The van der Waals surface area contributed by atoms with Gasteiger partial charge in [0, 0.05) is 19.2 Å². The van der Waals surface area contributed by atoms with Gasteiger partial charge in [0.25, 0.3) is 5.91 Å². The number of ether oxygens (including phenoxy) is 1. The second-order valence-corrected chi connectivity index (χ2v) is 7.06. The second-order valence-electron chi connectivity index (χ2n) is 5.69. The van der Waals surface area contributed by atoms with Crippen molar-refractivity contribution < 1.29 is 9.53 Å². The number of hydrogen-bond acceptors (Lipinski definition) is 5. The van der Waals surface area contributed by atoms with Crippen molar-refractivity contribution >= 4 is 23.5 Å². The monoisotopic (exact) mass is 341 g/mol. The van der Waals surface area contributed by atoms with Crippen LogP contribution in [0.3, 0.4) is 0 Å². The molecule has 0 radical (unpaired) electrons. The van der Waals surface area contributed by atoms with Gasteiger partial charge in [-0.1, -0.05) is 30.0 Å². The van der Waals surface area contributed by atoms with Gasteiger partial charge >= 0.3 is 0 Å². The molecule has 0 fully saturated rings. The number of aromatic nitrogens is 1. The molecule has 1 aliphatic heterocycles. The van der Waals surface area contributed by atoms with Gasteiger partial charge in [0.1, 0.15) is 11.6 Å². The highest BCUT2D eigenvalue weighted by molar-refractivity contribution is 8.03. The molecule has 6 heteroatoms. The Morgan fingerprint density at radius 3 is 2.83 bits per heavy atom. The van der Waals surface area contributed by atoms with Crippen LogP contribution in [-0.4, -0.2) is 15.8 Å². The maximum absolute atomic E-state index is 12.1. The number of hydrogen-bond donors (Lipinski definition) is 2. The van der Waals surface area contributed by atoms with Crippen molar-refractivity contribution in [2.24, 2.45) is 0 Å². The van der Waals surface area contributed by atoms with E-state index in [2.05, 4.69) is 28.7 Å². The number of carbonyl (C=O) groups is 1. The molecule has 0 saturated heterocycles. The third kappa shape index (κ3) is 3.89. The fourth-order valence-electron chi connectivity index (χ4n) is 2.38. The van der Waals surface area contributed by atoms with Crippen molar-refractivity contribution in [1.29, 1.82) is 0 Å². The first-order valence-electron chi connectivity index (χ1n) is 7.65. The van der Waals surface area contributed by atoms with Crippen molar-refractivity contribution in [2.75, 3.05) is 5.73 Å². The zero-order chi connectivity index (χ0) is 17.0. The lowest BCUT2D eigenvalue weighted by atomic mass is 10.2. The molecular weight excluding hydrogens is 322 g/mol. The predicted molar refractivity (Wildman–Crippen MR) is 96.6 cm³/mol. The zero-order valence-electron chi connectivity index (χ0n) is 13.4. The maximum atomic E-state index is 12.1. The van der Waals surface area contributed by atoms with Crippen LogP contribution in [0.1, 0.15) is 29.3 Å². The molecule has 1 unspecified atom stereocenters. The van der Waals surface area contributed by atoms with Crippen LogP contribution >= 0.6 is 11.8 Å². The highest BCUT2D eigenvalue weighted by Crippen LogP contribution is 2.37. The van der Waals surface area contributed by atoms with Gasteiger partial charge in [0.05, 0.1) is 5.56 Å². The van der Waals surface area contributed by atoms with Gasteiger partial charge < -0.3 is 15.8 Å². The topological polar surface area (TPSA) is 77.2 Å². The van der Waals surface area contributed by atoms with E-state index < -0.39 is 0 Å². The SMILES string of the molecule is CC1(Oc2ccc(CNC(=O)c3cccnc3N)cc2)CC=CS1. The molecule has 0 saturated carbocycles. The molecule has 1 aliphatic rings. The van der Waals surface area contributed by atoms with E-state index >= 15 is 0 Å². The molecule has 3 N–H and O–H groups in total. The summed E-state index contributed by atoms with van der Waals surface area (Å²) >= 11 is 1.68. The van der Waals surface area contributed by atoms with Crippen molar-refractivity contribution in [3.05, 3.63) is 65.2 Å². The second kappa shape index (κ2) is 6.97. The van der Waals surface area contributed by atoms with E-state index in [0.29, 0.717) is 12.1 Å². The van der Waals surface area contributed by atoms with Crippen molar-refractivity contribution in [3.63, 3.8) is 0 Å². The predicted octanol–water partition coefficient (Wildman–Crippen LogP) is 3.34. The zero-order valence-corrected chi connectivity index (χ0v) is 14.2. The number of benzene rings is 1. The summed E-state index contributed by atoms with van der Waals surface area (Å²) in [7, 11) is 0. The van der Waals surface area contributed by atoms with Crippen molar-refractivity contribution in [2.45, 2.75) is 24.8 Å². The molecule has 1 aromatic carbocycles. The summed E-state index contributed by atoms with van der Waals surface area (Å²) in [5, 5.41) is 4.91. The summed E-state index contributed by atoms with van der Waals surface area (Å²) in [6.07, 6.45) is 4.56. The third-order valence-corrected chi connectivity index (χ3v) is 4.77. The minimum Gasteiger partial charge on any atom is -0.476 e. The van der Waals surface area contributed by atoms with E-state index in [-0.39, 0.29) is 16.7 Å². The molecular formula is C18H19N3O2S. The molecule has 2 aromatic rings. The molecule has 24 heavy (non-hydrogen) atoms. The molecule has 1 atom stereocenters. The summed E-state index contributed by atoms with van der Waals surface area (Å²) in [6.45, 7) is 2.49. The van der Waals surface area contributed by atoms with E-state index in [9.17, 15) is 4.79 Å². The van der Waals surface area contributed by atoms with Gasteiger partial charge in [-0.05, 0) is 42.2 Å². The summed E-state index contributed by atoms with van der Waals surface area (Å²) < 4.78 is 6.02. The first kappa shape index (κ1) is 16.4. The lowest BCUT2D eigenvalue weighted by molar-refractivity contribution is 0.0951. The van der Waals surface area contributed by atoms with Crippen LogP contribution in [0.25, 0.3) is 0 Å². The number of anilines is 1. The Morgan fingerprint density at radius 2 is 2.17 bits per heavy atom. The Morgan fingerprint density at radius 1 is 1.38 bits per heavy atom. The van der Waals surface area contributed by atoms with Gasteiger partial charge in [0.2, 0.25) is 0 Å². The van der Waals surface area contributed by atoms with Crippen LogP contribution in [0.4, 0.5) is 5.82 Å². The van der Waals surface area contributed by atoms with E-state index in [1.54, 1.807) is 30.1 Å². The lowest BCUT2D eigenvalue weighted by Crippen LogP contribution is -2.25. The minimum absolute atomic E-state index is 0.229. The Bertz CT molecular complexity index is 751. The Kier molecular flexibility index (Phi) is 4.76. The molecule has 0 bridgehead atoms. The van der Waals surface area contributed by atoms with Gasteiger partial charge in [-0.3, -0.25) is 4.79 Å². The summed E-state index contributed by atoms with van der Waals surface area (Å²) in [5.74, 6) is 0.816. The highest BCUT2D eigenvalue weighted by Gasteiger charge is 2.28. The average Bonchev–Trinajstić information content (AvgIpc) is 3.00. The van der Waals surface area contributed by atoms with Crippen molar-refractivity contribution in [3.8, 4) is 5.75 Å². The highest BCUT2D eigenvalue weighted by atomic mass is 32.2. The molecule has 1 amide bonds. The van der Waals surface area contributed by atoms with Crippen molar-refractivity contribution in [1.82, 2.24) is 10.3 Å². The van der Waals surface area contributed by atoms with E-state index in [4.69, 9.17) is 10.5 Å². The van der Waals surface area contributed by atoms with E-state index in [1.807, 2.05) is 24.3 Å². The largest absolute Gasteiger partial charge is 0.476 e. The fraction of sp³-hybridized carbons (Fsp3) is 0.222. The number of nitrogens with two attached hydrogens (primary N) is 1. The number of amides is 1. The number of thioether (sulfide) groups is 1. The smallest absolute Gasteiger partial charge is 0.255 e. The number of pyridine rings is 1. The molecule has 5 nitrogen and oxygen atoms in total. The van der Waals surface area contributed by atoms with Crippen LogP contribution in [0, 0.1) is 0 Å². The van der Waals surface area contributed by atoms with Gasteiger partial charge in [-0.25, -0.2) is 4.98 Å². The number of rotatable bonds is 5. The summed E-state index contributed by atoms with van der Waals surface area (Å²) in [5.41, 5.74) is 7.08. The standard InChI is InChI=1S/C18H19N3O2S/c1-18(9-3-11-24-18)23-14-7-5-13(6-8-14)12-21-17(22)15-4-2-10-20-16(15)19/h2-8,10-11H,9,12H2,1H3,(H2,19,20)(H,21,22). The number of nitrogen functional groups attached to an aromatic ring is 1. The van der Waals surface area contributed by atoms with Gasteiger partial charge in [-0.2, -0.15) is 0 Å². The van der Waals surface area contributed by atoms with E-state index in [0.717, 1.165) is 17.7 Å². The Hall–Kier alpha value is -2.47. The fourth-order valence-corrected chi connectivity index (χ4v) is 3.20. The minimum atomic E-state index is -0.234. The molecule has 0 aliphatic carbocycles. The number of carbonyl (C=O) groups excluding carboxylic acids is 1. The number of nitrogens with zero attached hydrogens (tertiary/aromatic N) is 1. The third-order valence-electron chi connectivity index (χ3n) is 3.70. The Balaban J connectivity index is 1.56. The van der Waals surface area contributed by atoms with Crippen LogP contribution < -0.4 is 15.8 Å². The molecule has 0 spiro atoms. The van der Waals surface area contributed by atoms with Crippen LogP contribution in [0.2, 0.25) is 0 Å². The average molecular weight is 341 g/mol. The maximum Gasteiger partial charge on any atom is 0.255 e. The summed E-state index contributed by atoms with van der Waals surface area (Å²) in [4.78, 5) is 15.8. The molecule has 1 aromatic heterocycles. The van der Waals surface area contributed by atoms with Crippen LogP contribution in [-0.2, 0) is 6.54 Å². The quantitative estimate of drug-likeness (QED) is 0.872. The molecule has 2 heterocycles. The van der Waals surface area contributed by atoms with Crippen LogP contribution in [0.5, 0.6) is 5.75 Å². The Labute approximate surface area is 145 Å². The van der Waals surface area contributed by atoms with Gasteiger partial charge in [-0.15, -0.1) is 0 Å². The lowest BCUT2D eigenvalue weighted by Gasteiger charge is -2.24. The molecule has 124 valence electrons. The normalized spacial score (nSPS) is 19.2. The first-order valence-corrected chi connectivity index (χ1v) is 8.53. The van der Waals surface area contributed by atoms with E-state index in [1.165, 1.54) is 0 Å².